The van der Waals surface area contributed by atoms with Crippen molar-refractivity contribution in [3.8, 4) is 11.3 Å². The number of anilines is 1. The molecule has 2 aliphatic rings. The molecular formula is C19H18F3N3O. The smallest absolute Gasteiger partial charge is 0.323 e. The van der Waals surface area contributed by atoms with Crippen LogP contribution >= 0.6 is 0 Å². The van der Waals surface area contributed by atoms with E-state index in [1.807, 2.05) is 31.2 Å². The molecule has 2 aromatic rings. The van der Waals surface area contributed by atoms with Crippen molar-refractivity contribution in [2.24, 2.45) is 11.3 Å². The quantitative estimate of drug-likeness (QED) is 0.858. The van der Waals surface area contributed by atoms with Gasteiger partial charge in [0.05, 0.1) is 11.1 Å². The van der Waals surface area contributed by atoms with Crippen molar-refractivity contribution in [3.63, 3.8) is 0 Å². The van der Waals surface area contributed by atoms with E-state index in [9.17, 15) is 18.0 Å². The molecule has 2 atom stereocenters. The molecular weight excluding hydrogens is 343 g/mol. The number of halogens is 3. The molecule has 1 aromatic carbocycles. The Kier molecular flexibility index (Phi) is 3.71. The number of benzene rings is 1. The monoisotopic (exact) mass is 361 g/mol. The normalized spacial score (nSPS) is 24.3. The highest BCUT2D eigenvalue weighted by molar-refractivity contribution is 5.90. The first-order valence-electron chi connectivity index (χ1n) is 8.45. The van der Waals surface area contributed by atoms with Gasteiger partial charge in [0.15, 0.2) is 0 Å². The van der Waals surface area contributed by atoms with Crippen LogP contribution in [0, 0.1) is 18.3 Å². The first-order chi connectivity index (χ1) is 12.3. The topological polar surface area (TPSA) is 45.2 Å². The molecule has 1 N–H and O–H groups in total. The third-order valence-corrected chi connectivity index (χ3v) is 5.43. The minimum atomic E-state index is -4.25. The summed E-state index contributed by atoms with van der Waals surface area (Å²) in [6.45, 7) is 1.84. The van der Waals surface area contributed by atoms with E-state index in [0.717, 1.165) is 16.8 Å². The second-order valence-corrected chi connectivity index (χ2v) is 7.11. The largest absolute Gasteiger partial charge is 0.396 e. The second kappa shape index (κ2) is 5.72. The standard InChI is InChI=1S/C19H18F3N3O/c1-12-5-6-14(8-15(12)16-4-2-3-7-23-16)24-17(26)25-10-13-9-18(13,11-25)19(20,21)22/h2-8,13H,9-11H2,1H3,(H,24,26)/t13-,18-/m0/s1. The van der Waals surface area contributed by atoms with Gasteiger partial charge in [0.25, 0.3) is 0 Å². The summed E-state index contributed by atoms with van der Waals surface area (Å²) in [6.07, 6.45) is -2.43. The van der Waals surface area contributed by atoms with Crippen LogP contribution in [-0.4, -0.2) is 35.2 Å². The number of hydrogen-bond acceptors (Lipinski definition) is 2. The molecule has 0 spiro atoms. The zero-order chi connectivity index (χ0) is 18.5. The number of nitrogens with zero attached hydrogens (tertiary/aromatic N) is 2. The van der Waals surface area contributed by atoms with Crippen LogP contribution in [0.3, 0.4) is 0 Å². The number of carbonyl (C=O) groups is 1. The van der Waals surface area contributed by atoms with Gasteiger partial charge in [-0.15, -0.1) is 0 Å². The molecule has 1 saturated heterocycles. The third-order valence-electron chi connectivity index (χ3n) is 5.43. The van der Waals surface area contributed by atoms with Crippen LogP contribution in [-0.2, 0) is 0 Å². The Morgan fingerprint density at radius 2 is 2.12 bits per heavy atom. The lowest BCUT2D eigenvalue weighted by Gasteiger charge is -2.23. The van der Waals surface area contributed by atoms with E-state index in [0.29, 0.717) is 5.69 Å². The average molecular weight is 361 g/mol. The number of pyridine rings is 1. The molecule has 1 aliphatic carbocycles. The van der Waals surface area contributed by atoms with Gasteiger partial charge in [0.1, 0.15) is 0 Å². The Bertz CT molecular complexity index is 853. The predicted molar refractivity (Wildman–Crippen MR) is 91.6 cm³/mol. The number of hydrogen-bond donors (Lipinski definition) is 1. The molecule has 136 valence electrons. The van der Waals surface area contributed by atoms with Gasteiger partial charge in [-0.25, -0.2) is 4.79 Å². The molecule has 0 unspecified atom stereocenters. The van der Waals surface area contributed by atoms with Gasteiger partial charge in [-0.3, -0.25) is 4.98 Å². The number of likely N-dealkylation sites (tertiary alicyclic amines) is 1. The molecule has 0 bridgehead atoms. The molecule has 1 aromatic heterocycles. The lowest BCUT2D eigenvalue weighted by Crippen LogP contribution is -2.38. The van der Waals surface area contributed by atoms with Crippen LogP contribution in [0.1, 0.15) is 12.0 Å². The molecule has 2 fully saturated rings. The van der Waals surface area contributed by atoms with Crippen LogP contribution in [0.25, 0.3) is 11.3 Å². The van der Waals surface area contributed by atoms with Gasteiger partial charge in [0, 0.05) is 30.5 Å². The fourth-order valence-corrected chi connectivity index (χ4v) is 3.78. The van der Waals surface area contributed by atoms with Gasteiger partial charge in [-0.05, 0) is 49.1 Å². The van der Waals surface area contributed by atoms with Crippen molar-refractivity contribution >= 4 is 11.7 Å². The molecule has 2 amide bonds. The molecule has 4 rings (SSSR count). The van der Waals surface area contributed by atoms with Gasteiger partial charge in [-0.1, -0.05) is 12.1 Å². The summed E-state index contributed by atoms with van der Waals surface area (Å²) in [5.41, 5.74) is 1.51. The Balaban J connectivity index is 1.50. The van der Waals surface area contributed by atoms with E-state index in [4.69, 9.17) is 0 Å². The third kappa shape index (κ3) is 2.71. The van der Waals surface area contributed by atoms with Crippen LogP contribution < -0.4 is 5.32 Å². The van der Waals surface area contributed by atoms with Crippen LogP contribution in [0.15, 0.2) is 42.6 Å². The molecule has 4 nitrogen and oxygen atoms in total. The van der Waals surface area contributed by atoms with E-state index in [-0.39, 0.29) is 19.5 Å². The van der Waals surface area contributed by atoms with E-state index < -0.39 is 23.5 Å². The highest BCUT2D eigenvalue weighted by Gasteiger charge is 2.74. The Morgan fingerprint density at radius 1 is 1.31 bits per heavy atom. The van der Waals surface area contributed by atoms with Gasteiger partial charge in [0.2, 0.25) is 0 Å². The number of urea groups is 1. The lowest BCUT2D eigenvalue weighted by molar-refractivity contribution is -0.187. The fourth-order valence-electron chi connectivity index (χ4n) is 3.78. The number of aryl methyl sites for hydroxylation is 1. The maximum atomic E-state index is 13.2. The summed E-state index contributed by atoms with van der Waals surface area (Å²) in [6, 6.07) is 10.5. The zero-order valence-corrected chi connectivity index (χ0v) is 14.2. The van der Waals surface area contributed by atoms with Crippen LogP contribution in [0.2, 0.25) is 0 Å². The zero-order valence-electron chi connectivity index (χ0n) is 14.2. The van der Waals surface area contributed by atoms with E-state index in [1.165, 1.54) is 4.90 Å². The summed E-state index contributed by atoms with van der Waals surface area (Å²) >= 11 is 0. The van der Waals surface area contributed by atoms with Crippen LogP contribution in [0.4, 0.5) is 23.7 Å². The van der Waals surface area contributed by atoms with Crippen molar-refractivity contribution in [2.75, 3.05) is 18.4 Å². The molecule has 7 heteroatoms. The molecule has 1 aliphatic heterocycles. The Morgan fingerprint density at radius 3 is 2.77 bits per heavy atom. The summed E-state index contributed by atoms with van der Waals surface area (Å²) in [5, 5.41) is 2.72. The average Bonchev–Trinajstić information content (AvgIpc) is 3.19. The summed E-state index contributed by atoms with van der Waals surface area (Å²) in [7, 11) is 0. The van der Waals surface area contributed by atoms with Gasteiger partial charge in [-0.2, -0.15) is 13.2 Å². The Labute approximate surface area is 149 Å². The first kappa shape index (κ1) is 16.9. The highest BCUT2D eigenvalue weighted by atomic mass is 19.4. The fraction of sp³-hybridized carbons (Fsp3) is 0.368. The number of nitrogens with one attached hydrogen (secondary N) is 1. The maximum Gasteiger partial charge on any atom is 0.396 e. The van der Waals surface area contributed by atoms with Gasteiger partial charge < -0.3 is 10.2 Å². The lowest BCUT2D eigenvalue weighted by atomic mass is 10.0. The molecule has 1 saturated carbocycles. The van der Waals surface area contributed by atoms with Crippen molar-refractivity contribution in [1.29, 1.82) is 0 Å². The van der Waals surface area contributed by atoms with E-state index in [1.54, 1.807) is 18.3 Å². The Hall–Kier alpha value is -2.57. The number of rotatable bonds is 2. The maximum absolute atomic E-state index is 13.2. The number of piperidine rings is 1. The van der Waals surface area contributed by atoms with E-state index in [2.05, 4.69) is 10.3 Å². The van der Waals surface area contributed by atoms with Gasteiger partial charge >= 0.3 is 12.2 Å². The predicted octanol–water partition coefficient (Wildman–Crippen LogP) is 4.47. The SMILES string of the molecule is Cc1ccc(NC(=O)N2C[C@@H]3C[C@]3(C(F)(F)F)C2)cc1-c1ccccn1. The number of fused-ring (bicyclic) bond motifs is 1. The number of alkyl halides is 3. The first-order valence-corrected chi connectivity index (χ1v) is 8.45. The summed E-state index contributed by atoms with van der Waals surface area (Å²) in [5.74, 6) is -0.463. The number of amides is 2. The van der Waals surface area contributed by atoms with Crippen molar-refractivity contribution in [1.82, 2.24) is 9.88 Å². The number of carbonyl (C=O) groups excluding carboxylic acids is 1. The molecule has 26 heavy (non-hydrogen) atoms. The van der Waals surface area contributed by atoms with E-state index >= 15 is 0 Å². The van der Waals surface area contributed by atoms with Crippen molar-refractivity contribution in [3.05, 3.63) is 48.2 Å². The minimum absolute atomic E-state index is 0.134. The highest BCUT2D eigenvalue weighted by Crippen LogP contribution is 2.66. The second-order valence-electron chi connectivity index (χ2n) is 7.11. The molecule has 2 heterocycles. The van der Waals surface area contributed by atoms with Crippen LogP contribution in [0.5, 0.6) is 0 Å². The molecule has 0 radical (unpaired) electrons. The van der Waals surface area contributed by atoms with Crippen molar-refractivity contribution < 1.29 is 18.0 Å². The summed E-state index contributed by atoms with van der Waals surface area (Å²) in [4.78, 5) is 18.0. The number of aromatic nitrogens is 1. The van der Waals surface area contributed by atoms with Crippen molar-refractivity contribution in [2.45, 2.75) is 19.5 Å². The minimum Gasteiger partial charge on any atom is -0.323 e. The summed E-state index contributed by atoms with van der Waals surface area (Å²) < 4.78 is 39.5.